The van der Waals surface area contributed by atoms with Crippen LogP contribution in [-0.4, -0.2) is 40.8 Å². The molecule has 98 valence electrons. The fraction of sp³-hybridized carbons (Fsp3) is 0.833. The second-order valence-corrected chi connectivity index (χ2v) is 6.13. The van der Waals surface area contributed by atoms with Crippen molar-refractivity contribution in [2.24, 2.45) is 5.41 Å². The van der Waals surface area contributed by atoms with Gasteiger partial charge >= 0.3 is 12.1 Å². The highest BCUT2D eigenvalue weighted by Crippen LogP contribution is 2.29. The van der Waals surface area contributed by atoms with Crippen LogP contribution in [0.2, 0.25) is 0 Å². The lowest BCUT2D eigenvalue weighted by Crippen LogP contribution is -2.36. The minimum Gasteiger partial charge on any atom is -0.481 e. The number of aliphatic carboxylic acids is 1. The zero-order chi connectivity index (χ0) is 13.3. The number of carboxylic acid groups (broad SMARTS) is 1. The molecule has 1 aliphatic heterocycles. The Labute approximate surface area is 102 Å². The molecule has 1 unspecified atom stereocenters. The molecule has 1 aliphatic rings. The summed E-state index contributed by atoms with van der Waals surface area (Å²) in [7, 11) is 0. The molecule has 1 N–H and O–H groups in total. The number of carbonyl (C=O) groups is 2. The molecule has 0 aromatic rings. The van der Waals surface area contributed by atoms with Crippen molar-refractivity contribution in [1.82, 2.24) is 4.90 Å². The molecule has 1 heterocycles. The molecule has 5 heteroatoms. The van der Waals surface area contributed by atoms with E-state index in [-0.39, 0.29) is 17.9 Å². The molecular weight excluding hydrogens is 222 g/mol. The average molecular weight is 243 g/mol. The Kier molecular flexibility index (Phi) is 3.69. The first-order valence-electron chi connectivity index (χ1n) is 5.81. The summed E-state index contributed by atoms with van der Waals surface area (Å²) in [5, 5.41) is 8.65. The third-order valence-electron chi connectivity index (χ3n) is 2.65. The van der Waals surface area contributed by atoms with Gasteiger partial charge in [-0.25, -0.2) is 4.79 Å². The van der Waals surface area contributed by atoms with E-state index in [9.17, 15) is 9.59 Å². The Morgan fingerprint density at radius 2 is 2.12 bits per heavy atom. The number of hydrogen-bond donors (Lipinski definition) is 1. The summed E-state index contributed by atoms with van der Waals surface area (Å²) in [5.41, 5.74) is -0.655. The van der Waals surface area contributed by atoms with Crippen LogP contribution in [0.5, 0.6) is 0 Å². The van der Waals surface area contributed by atoms with Gasteiger partial charge in [0.2, 0.25) is 0 Å². The number of nitrogens with zero attached hydrogens (tertiary/aromatic N) is 1. The quantitative estimate of drug-likeness (QED) is 0.821. The molecular formula is C12H21NO4. The summed E-state index contributed by atoms with van der Waals surface area (Å²) in [6, 6.07) is 0. The van der Waals surface area contributed by atoms with E-state index in [2.05, 4.69) is 0 Å². The van der Waals surface area contributed by atoms with Gasteiger partial charge in [0.15, 0.2) is 0 Å². The Morgan fingerprint density at radius 1 is 1.53 bits per heavy atom. The number of hydrogen-bond acceptors (Lipinski definition) is 3. The molecule has 0 aliphatic carbocycles. The summed E-state index contributed by atoms with van der Waals surface area (Å²) in [5.74, 6) is -0.864. The number of ether oxygens (including phenoxy) is 1. The fourth-order valence-electron chi connectivity index (χ4n) is 1.97. The Bertz CT molecular complexity index is 321. The van der Waals surface area contributed by atoms with Crippen LogP contribution < -0.4 is 0 Å². The molecule has 1 saturated heterocycles. The van der Waals surface area contributed by atoms with Crippen LogP contribution in [0.15, 0.2) is 0 Å². The molecule has 0 spiro atoms. The normalized spacial score (nSPS) is 24.9. The lowest BCUT2D eigenvalue weighted by atomic mass is 9.95. The zero-order valence-electron chi connectivity index (χ0n) is 10.9. The molecule has 0 aromatic heterocycles. The van der Waals surface area contributed by atoms with Crippen molar-refractivity contribution in [1.29, 1.82) is 0 Å². The Balaban J connectivity index is 2.58. The van der Waals surface area contributed by atoms with Gasteiger partial charge in [-0.3, -0.25) is 4.79 Å². The maximum atomic E-state index is 11.7. The van der Waals surface area contributed by atoms with Crippen LogP contribution in [0.4, 0.5) is 4.79 Å². The molecule has 1 fully saturated rings. The fourth-order valence-corrected chi connectivity index (χ4v) is 1.97. The summed E-state index contributed by atoms with van der Waals surface area (Å²) < 4.78 is 5.28. The van der Waals surface area contributed by atoms with Crippen molar-refractivity contribution in [2.45, 2.75) is 46.1 Å². The van der Waals surface area contributed by atoms with Gasteiger partial charge < -0.3 is 14.7 Å². The molecule has 17 heavy (non-hydrogen) atoms. The van der Waals surface area contributed by atoms with Crippen molar-refractivity contribution >= 4 is 12.1 Å². The smallest absolute Gasteiger partial charge is 0.410 e. The van der Waals surface area contributed by atoms with Gasteiger partial charge in [-0.05, 0) is 18.8 Å². The van der Waals surface area contributed by atoms with Crippen LogP contribution in [0.25, 0.3) is 0 Å². The lowest BCUT2D eigenvalue weighted by molar-refractivity contribution is -0.138. The number of carboxylic acids is 1. The molecule has 0 aromatic carbocycles. The molecule has 0 saturated carbocycles. The van der Waals surface area contributed by atoms with Gasteiger partial charge in [0.1, 0.15) is 5.60 Å². The SMILES string of the molecule is CC(C)(C)CN1CC(C)(CCC(=O)O)OC1=O. The number of cyclic esters (lactones) is 1. The summed E-state index contributed by atoms with van der Waals surface area (Å²) in [4.78, 5) is 23.9. The first-order valence-corrected chi connectivity index (χ1v) is 5.81. The highest BCUT2D eigenvalue weighted by atomic mass is 16.6. The van der Waals surface area contributed by atoms with E-state index in [0.717, 1.165) is 0 Å². The van der Waals surface area contributed by atoms with E-state index in [0.29, 0.717) is 19.5 Å². The van der Waals surface area contributed by atoms with E-state index in [1.54, 1.807) is 11.8 Å². The van der Waals surface area contributed by atoms with Gasteiger partial charge in [-0.1, -0.05) is 20.8 Å². The number of carbonyl (C=O) groups excluding carboxylic acids is 1. The standard InChI is InChI=1S/C12H21NO4/c1-11(2,3)7-13-8-12(4,17-10(13)16)6-5-9(14)15/h5-8H2,1-4H3,(H,14,15). The third kappa shape index (κ3) is 4.24. The van der Waals surface area contributed by atoms with Crippen molar-refractivity contribution in [3.05, 3.63) is 0 Å². The lowest BCUT2D eigenvalue weighted by Gasteiger charge is -2.25. The van der Waals surface area contributed by atoms with Crippen LogP contribution in [0.3, 0.4) is 0 Å². The van der Waals surface area contributed by atoms with E-state index >= 15 is 0 Å². The largest absolute Gasteiger partial charge is 0.481 e. The van der Waals surface area contributed by atoms with Crippen LogP contribution in [0, 0.1) is 5.41 Å². The summed E-state index contributed by atoms with van der Waals surface area (Å²) in [6.45, 7) is 9.02. The number of rotatable bonds is 4. The van der Waals surface area contributed by atoms with Crippen LogP contribution in [0.1, 0.15) is 40.5 Å². The van der Waals surface area contributed by atoms with Crippen LogP contribution >= 0.6 is 0 Å². The number of amides is 1. The average Bonchev–Trinajstić information content (AvgIpc) is 2.37. The van der Waals surface area contributed by atoms with Crippen molar-refractivity contribution in [3.63, 3.8) is 0 Å². The molecule has 1 rings (SSSR count). The van der Waals surface area contributed by atoms with Gasteiger partial charge in [-0.15, -0.1) is 0 Å². The van der Waals surface area contributed by atoms with Gasteiger partial charge in [0.05, 0.1) is 6.54 Å². The van der Waals surface area contributed by atoms with E-state index in [1.165, 1.54) is 0 Å². The summed E-state index contributed by atoms with van der Waals surface area (Å²) >= 11 is 0. The third-order valence-corrected chi connectivity index (χ3v) is 2.65. The molecule has 0 bridgehead atoms. The van der Waals surface area contributed by atoms with E-state index in [4.69, 9.17) is 9.84 Å². The monoisotopic (exact) mass is 243 g/mol. The maximum absolute atomic E-state index is 11.7. The second-order valence-electron chi connectivity index (χ2n) is 6.13. The highest BCUT2D eigenvalue weighted by molar-refractivity contribution is 5.71. The molecule has 0 radical (unpaired) electrons. The van der Waals surface area contributed by atoms with Crippen molar-refractivity contribution < 1.29 is 19.4 Å². The van der Waals surface area contributed by atoms with Gasteiger partial charge in [0, 0.05) is 13.0 Å². The second kappa shape index (κ2) is 4.55. The molecule has 1 amide bonds. The zero-order valence-corrected chi connectivity index (χ0v) is 10.9. The predicted molar refractivity (Wildman–Crippen MR) is 62.8 cm³/mol. The first-order chi connectivity index (χ1) is 7.61. The predicted octanol–water partition coefficient (Wildman–Crippen LogP) is 2.11. The molecule has 1 atom stereocenters. The van der Waals surface area contributed by atoms with E-state index < -0.39 is 11.6 Å². The first kappa shape index (κ1) is 13.8. The van der Waals surface area contributed by atoms with Crippen molar-refractivity contribution in [2.75, 3.05) is 13.1 Å². The minimum absolute atomic E-state index is 0.0110. The minimum atomic E-state index is -0.864. The Morgan fingerprint density at radius 3 is 2.59 bits per heavy atom. The highest BCUT2D eigenvalue weighted by Gasteiger charge is 2.42. The molecule has 5 nitrogen and oxygen atoms in total. The van der Waals surface area contributed by atoms with Crippen molar-refractivity contribution in [3.8, 4) is 0 Å². The van der Waals surface area contributed by atoms with E-state index in [1.807, 2.05) is 20.8 Å². The van der Waals surface area contributed by atoms with Gasteiger partial charge in [0.25, 0.3) is 0 Å². The van der Waals surface area contributed by atoms with Gasteiger partial charge in [-0.2, -0.15) is 0 Å². The van der Waals surface area contributed by atoms with Crippen LogP contribution in [-0.2, 0) is 9.53 Å². The summed E-state index contributed by atoms with van der Waals surface area (Å²) in [6.07, 6.45) is 0.0369. The maximum Gasteiger partial charge on any atom is 0.410 e. The topological polar surface area (TPSA) is 66.8 Å². The Hall–Kier alpha value is -1.26.